The molecule has 108 valence electrons. The number of fused-ring (bicyclic) bond motifs is 1. The van der Waals surface area contributed by atoms with Crippen LogP contribution in [0, 0.1) is 11.3 Å². The molecular formula is C16H19N5. The second-order valence-corrected chi connectivity index (χ2v) is 5.25. The summed E-state index contributed by atoms with van der Waals surface area (Å²) in [5, 5.41) is 13.2. The summed E-state index contributed by atoms with van der Waals surface area (Å²) in [7, 11) is 0. The van der Waals surface area contributed by atoms with E-state index in [1.54, 1.807) is 0 Å². The maximum absolute atomic E-state index is 8.89. The van der Waals surface area contributed by atoms with E-state index in [1.165, 1.54) is 12.8 Å². The molecule has 1 saturated carbocycles. The first-order valence-electron chi connectivity index (χ1n) is 7.47. The second kappa shape index (κ2) is 5.96. The van der Waals surface area contributed by atoms with Gasteiger partial charge in [-0.15, -0.1) is 0 Å². The lowest BCUT2D eigenvalue weighted by Crippen LogP contribution is -2.28. The minimum Gasteiger partial charge on any atom is -0.354 e. The molecule has 0 amide bonds. The predicted octanol–water partition coefficient (Wildman–Crippen LogP) is 2.94. The van der Waals surface area contributed by atoms with Crippen LogP contribution in [0.5, 0.6) is 0 Å². The number of benzene rings is 1. The Balaban J connectivity index is 2.07. The van der Waals surface area contributed by atoms with Crippen molar-refractivity contribution >= 4 is 22.7 Å². The lowest BCUT2D eigenvalue weighted by molar-refractivity contribution is 0.781. The average molecular weight is 281 g/mol. The molecule has 3 rings (SSSR count). The maximum atomic E-state index is 8.89. The highest BCUT2D eigenvalue weighted by Crippen LogP contribution is 2.34. The maximum Gasteiger partial charge on any atom is 0.225 e. The van der Waals surface area contributed by atoms with E-state index in [1.807, 2.05) is 25.1 Å². The van der Waals surface area contributed by atoms with E-state index >= 15 is 0 Å². The van der Waals surface area contributed by atoms with Gasteiger partial charge in [0.15, 0.2) is 0 Å². The quantitative estimate of drug-likeness (QED) is 0.882. The van der Waals surface area contributed by atoms with Crippen LogP contribution in [-0.4, -0.2) is 29.1 Å². The van der Waals surface area contributed by atoms with Gasteiger partial charge in [0.25, 0.3) is 0 Å². The molecule has 21 heavy (non-hydrogen) atoms. The number of rotatable bonds is 6. The Morgan fingerprint density at radius 2 is 2.14 bits per heavy atom. The Labute approximate surface area is 124 Å². The molecule has 0 unspecified atom stereocenters. The van der Waals surface area contributed by atoms with Gasteiger partial charge in [-0.2, -0.15) is 10.2 Å². The molecule has 0 aliphatic heterocycles. The zero-order valence-corrected chi connectivity index (χ0v) is 12.2. The fourth-order valence-corrected chi connectivity index (χ4v) is 2.53. The third-order valence-corrected chi connectivity index (χ3v) is 3.64. The molecule has 1 aromatic carbocycles. The van der Waals surface area contributed by atoms with Crippen LogP contribution in [-0.2, 0) is 0 Å². The van der Waals surface area contributed by atoms with Crippen LogP contribution in [0.4, 0.5) is 11.8 Å². The fraction of sp³-hybridized carbons (Fsp3) is 0.438. The van der Waals surface area contributed by atoms with Gasteiger partial charge in [0.05, 0.1) is 18.0 Å². The zero-order valence-electron chi connectivity index (χ0n) is 12.2. The fourth-order valence-electron chi connectivity index (χ4n) is 2.53. The third-order valence-electron chi connectivity index (χ3n) is 3.64. The predicted molar refractivity (Wildman–Crippen MR) is 84.3 cm³/mol. The number of nitriles is 1. The molecule has 0 bridgehead atoms. The Hall–Kier alpha value is -2.35. The van der Waals surface area contributed by atoms with Crippen LogP contribution < -0.4 is 10.2 Å². The van der Waals surface area contributed by atoms with Crippen LogP contribution in [0.15, 0.2) is 24.3 Å². The van der Waals surface area contributed by atoms with Crippen molar-refractivity contribution in [3.8, 4) is 6.07 Å². The van der Waals surface area contributed by atoms with Crippen molar-refractivity contribution in [3.63, 3.8) is 0 Å². The number of hydrogen-bond acceptors (Lipinski definition) is 5. The van der Waals surface area contributed by atoms with Gasteiger partial charge in [-0.3, -0.25) is 0 Å². The first-order valence-corrected chi connectivity index (χ1v) is 7.47. The van der Waals surface area contributed by atoms with Crippen molar-refractivity contribution < 1.29 is 0 Å². The van der Waals surface area contributed by atoms with Gasteiger partial charge in [0.1, 0.15) is 5.82 Å². The molecule has 1 fully saturated rings. The van der Waals surface area contributed by atoms with Crippen molar-refractivity contribution in [3.05, 3.63) is 24.3 Å². The number of hydrogen-bond donors (Lipinski definition) is 1. The number of nitrogens with one attached hydrogen (secondary N) is 1. The van der Waals surface area contributed by atoms with E-state index in [-0.39, 0.29) is 0 Å². The Kier molecular flexibility index (Phi) is 3.87. The first kappa shape index (κ1) is 13.6. The van der Waals surface area contributed by atoms with Crippen molar-refractivity contribution in [1.29, 1.82) is 5.26 Å². The molecule has 5 heteroatoms. The minimum absolute atomic E-state index is 0.519. The van der Waals surface area contributed by atoms with Crippen LogP contribution in [0.2, 0.25) is 0 Å². The molecule has 2 aromatic rings. The Morgan fingerprint density at radius 3 is 2.86 bits per heavy atom. The molecule has 1 aliphatic rings. The summed E-state index contributed by atoms with van der Waals surface area (Å²) >= 11 is 0. The molecule has 5 nitrogen and oxygen atoms in total. The molecule has 0 atom stereocenters. The molecule has 0 saturated heterocycles. The van der Waals surface area contributed by atoms with Crippen molar-refractivity contribution in [2.45, 2.75) is 32.2 Å². The average Bonchev–Trinajstić information content (AvgIpc) is 3.33. The lowest BCUT2D eigenvalue weighted by atomic mass is 10.2. The molecule has 1 aromatic heterocycles. The summed E-state index contributed by atoms with van der Waals surface area (Å²) < 4.78 is 0. The summed E-state index contributed by atoms with van der Waals surface area (Å²) in [5.74, 6) is 1.61. The van der Waals surface area contributed by atoms with Gasteiger partial charge in [-0.25, -0.2) is 4.98 Å². The van der Waals surface area contributed by atoms with Crippen LogP contribution in [0.25, 0.3) is 10.9 Å². The van der Waals surface area contributed by atoms with E-state index in [0.717, 1.165) is 29.8 Å². The second-order valence-electron chi connectivity index (χ2n) is 5.25. The molecule has 1 N–H and O–H groups in total. The molecule has 0 radical (unpaired) electrons. The summed E-state index contributed by atoms with van der Waals surface area (Å²) in [6, 6.07) is 10.8. The van der Waals surface area contributed by atoms with Crippen molar-refractivity contribution in [1.82, 2.24) is 9.97 Å². The smallest absolute Gasteiger partial charge is 0.225 e. The van der Waals surface area contributed by atoms with Crippen molar-refractivity contribution in [2.24, 2.45) is 0 Å². The molecular weight excluding hydrogens is 262 g/mol. The van der Waals surface area contributed by atoms with Gasteiger partial charge in [-0.05, 0) is 31.9 Å². The Morgan fingerprint density at radius 1 is 1.33 bits per heavy atom. The largest absolute Gasteiger partial charge is 0.354 e. The summed E-state index contributed by atoms with van der Waals surface area (Å²) in [4.78, 5) is 11.5. The SMILES string of the molecule is CCNc1nc(N(CCC#N)C2CC2)c2ccccc2n1. The van der Waals surface area contributed by atoms with Gasteiger partial charge < -0.3 is 10.2 Å². The topological polar surface area (TPSA) is 64.8 Å². The first-order chi connectivity index (χ1) is 10.3. The zero-order chi connectivity index (χ0) is 14.7. The van der Waals surface area contributed by atoms with E-state index in [0.29, 0.717) is 18.4 Å². The van der Waals surface area contributed by atoms with E-state index in [9.17, 15) is 0 Å². The standard InChI is InChI=1S/C16H19N5/c1-2-18-16-19-14-7-4-3-6-13(14)15(20-16)21(11-5-10-17)12-8-9-12/h3-4,6-7,12H,2,5,8-9,11H2,1H3,(H,18,19,20). The number of anilines is 2. The van der Waals surface area contributed by atoms with E-state index in [2.05, 4.69) is 27.3 Å². The monoisotopic (exact) mass is 281 g/mol. The van der Waals surface area contributed by atoms with Crippen LogP contribution >= 0.6 is 0 Å². The van der Waals surface area contributed by atoms with Crippen LogP contribution in [0.3, 0.4) is 0 Å². The van der Waals surface area contributed by atoms with Gasteiger partial charge >= 0.3 is 0 Å². The Bertz CT molecular complexity index is 672. The highest BCUT2D eigenvalue weighted by Gasteiger charge is 2.31. The normalized spacial score (nSPS) is 13.9. The minimum atomic E-state index is 0.519. The van der Waals surface area contributed by atoms with Crippen LogP contribution in [0.1, 0.15) is 26.2 Å². The lowest BCUT2D eigenvalue weighted by Gasteiger charge is -2.24. The summed E-state index contributed by atoms with van der Waals surface area (Å²) in [5.41, 5.74) is 0.945. The third kappa shape index (κ3) is 2.89. The highest BCUT2D eigenvalue weighted by molar-refractivity contribution is 5.90. The van der Waals surface area contributed by atoms with E-state index in [4.69, 9.17) is 10.2 Å². The summed E-state index contributed by atoms with van der Waals surface area (Å²) in [6.07, 6.45) is 2.88. The molecule has 1 heterocycles. The van der Waals surface area contributed by atoms with Gasteiger partial charge in [0, 0.05) is 24.5 Å². The molecule has 1 aliphatic carbocycles. The molecule has 0 spiro atoms. The van der Waals surface area contributed by atoms with Gasteiger partial charge in [0.2, 0.25) is 5.95 Å². The number of para-hydroxylation sites is 1. The summed E-state index contributed by atoms with van der Waals surface area (Å²) in [6.45, 7) is 3.56. The number of nitrogens with zero attached hydrogens (tertiary/aromatic N) is 4. The van der Waals surface area contributed by atoms with Crippen molar-refractivity contribution in [2.75, 3.05) is 23.3 Å². The highest BCUT2D eigenvalue weighted by atomic mass is 15.3. The number of aromatic nitrogens is 2. The van der Waals surface area contributed by atoms with E-state index < -0.39 is 0 Å². The van der Waals surface area contributed by atoms with Gasteiger partial charge in [-0.1, -0.05) is 12.1 Å².